The van der Waals surface area contributed by atoms with Gasteiger partial charge in [0.2, 0.25) is 10.0 Å². The minimum Gasteiger partial charge on any atom is -0.489 e. The Bertz CT molecular complexity index is 1470. The van der Waals surface area contributed by atoms with E-state index in [9.17, 15) is 8.42 Å². The minimum atomic E-state index is -3.56. The largest absolute Gasteiger partial charge is 0.489 e. The van der Waals surface area contributed by atoms with Crippen molar-refractivity contribution in [2.24, 2.45) is 4.99 Å². The van der Waals surface area contributed by atoms with Crippen LogP contribution in [-0.2, 0) is 29.6 Å². The highest BCUT2D eigenvalue weighted by molar-refractivity contribution is 7.89. The van der Waals surface area contributed by atoms with Crippen LogP contribution in [0.1, 0.15) is 22.3 Å². The molecule has 0 amide bonds. The highest BCUT2D eigenvalue weighted by atomic mass is 35.5. The van der Waals surface area contributed by atoms with Crippen molar-refractivity contribution < 1.29 is 13.2 Å². The van der Waals surface area contributed by atoms with E-state index >= 15 is 0 Å². The van der Waals surface area contributed by atoms with Crippen LogP contribution in [0.2, 0.25) is 5.02 Å². The first-order valence-electron chi connectivity index (χ1n) is 11.7. The van der Waals surface area contributed by atoms with Gasteiger partial charge >= 0.3 is 0 Å². The van der Waals surface area contributed by atoms with Crippen LogP contribution in [0.4, 0.5) is 5.69 Å². The van der Waals surface area contributed by atoms with E-state index in [-0.39, 0.29) is 4.90 Å². The van der Waals surface area contributed by atoms with Gasteiger partial charge in [-0.05, 0) is 89.3 Å². The lowest BCUT2D eigenvalue weighted by Crippen LogP contribution is -2.35. The van der Waals surface area contributed by atoms with E-state index < -0.39 is 10.0 Å². The Hall–Kier alpha value is -3.45. The van der Waals surface area contributed by atoms with Crippen molar-refractivity contribution in [2.45, 2.75) is 24.5 Å². The molecule has 5 rings (SSSR count). The molecule has 0 aliphatic carbocycles. The lowest BCUT2D eigenvalue weighted by Gasteiger charge is -2.28. The predicted octanol–water partition coefficient (Wildman–Crippen LogP) is 6.42. The topological polar surface area (TPSA) is 59.0 Å². The Morgan fingerprint density at radius 1 is 0.861 bits per heavy atom. The molecule has 4 aromatic rings. The summed E-state index contributed by atoms with van der Waals surface area (Å²) in [6, 6.07) is 29.9. The molecule has 0 spiro atoms. The molecule has 1 aliphatic rings. The van der Waals surface area contributed by atoms with E-state index in [2.05, 4.69) is 11.1 Å². The molecular weight excluding hydrogens is 492 g/mol. The summed E-state index contributed by atoms with van der Waals surface area (Å²) < 4.78 is 33.7. The number of sulfonamides is 1. The Morgan fingerprint density at radius 2 is 1.56 bits per heavy atom. The zero-order chi connectivity index (χ0) is 25.0. The van der Waals surface area contributed by atoms with Crippen LogP contribution in [-0.4, -0.2) is 25.5 Å². The minimum absolute atomic E-state index is 0.281. The van der Waals surface area contributed by atoms with Crippen molar-refractivity contribution in [1.82, 2.24) is 4.31 Å². The first-order chi connectivity index (χ1) is 17.5. The maximum absolute atomic E-state index is 13.1. The summed E-state index contributed by atoms with van der Waals surface area (Å²) in [5.74, 6) is 0.761. The molecule has 0 bridgehead atoms. The average Bonchev–Trinajstić information content (AvgIpc) is 2.92. The lowest BCUT2D eigenvalue weighted by atomic mass is 10.0. The summed E-state index contributed by atoms with van der Waals surface area (Å²) >= 11 is 5.91. The van der Waals surface area contributed by atoms with Crippen molar-refractivity contribution in [3.8, 4) is 5.75 Å². The predicted molar refractivity (Wildman–Crippen MR) is 144 cm³/mol. The van der Waals surface area contributed by atoms with Gasteiger partial charge in [-0.1, -0.05) is 48.0 Å². The Morgan fingerprint density at radius 3 is 2.28 bits per heavy atom. The molecule has 0 saturated heterocycles. The molecule has 1 aliphatic heterocycles. The van der Waals surface area contributed by atoms with Crippen molar-refractivity contribution in [3.05, 3.63) is 124 Å². The Balaban J connectivity index is 1.20. The fourth-order valence-corrected chi connectivity index (χ4v) is 5.62. The monoisotopic (exact) mass is 516 g/mol. The normalized spacial score (nSPS) is 14.0. The molecule has 5 nitrogen and oxygen atoms in total. The first kappa shape index (κ1) is 24.3. The smallest absolute Gasteiger partial charge is 0.243 e. The Labute approximate surface area is 216 Å². The highest BCUT2D eigenvalue weighted by Crippen LogP contribution is 2.26. The molecule has 0 saturated carbocycles. The van der Waals surface area contributed by atoms with Crippen LogP contribution in [0.25, 0.3) is 0 Å². The van der Waals surface area contributed by atoms with Gasteiger partial charge in [0.25, 0.3) is 0 Å². The fraction of sp³-hybridized carbons (Fsp3) is 0.138. The number of fused-ring (bicyclic) bond motifs is 1. The van der Waals surface area contributed by atoms with Crippen molar-refractivity contribution in [3.63, 3.8) is 0 Å². The summed E-state index contributed by atoms with van der Waals surface area (Å²) in [5, 5.41) is 0.701. The molecule has 0 radical (unpaired) electrons. The quantitative estimate of drug-likeness (QED) is 0.266. The van der Waals surface area contributed by atoms with E-state index in [0.29, 0.717) is 30.4 Å². The maximum atomic E-state index is 13.1. The van der Waals surface area contributed by atoms with Crippen LogP contribution < -0.4 is 4.74 Å². The lowest BCUT2D eigenvalue weighted by molar-refractivity contribution is 0.306. The van der Waals surface area contributed by atoms with Crippen LogP contribution in [0, 0.1) is 0 Å². The van der Waals surface area contributed by atoms with Gasteiger partial charge in [0, 0.05) is 24.3 Å². The molecule has 0 fully saturated rings. The highest BCUT2D eigenvalue weighted by Gasteiger charge is 2.28. The SMILES string of the molecule is O=S(=O)(c1ccc(N=Cc2ccc(OCc3ccc(Cl)cc3)cc2)cc1)N1CCc2ccccc2C1. The average molecular weight is 517 g/mol. The third-order valence-electron chi connectivity index (χ3n) is 6.13. The van der Waals surface area contributed by atoms with Gasteiger partial charge in [0.05, 0.1) is 10.6 Å². The van der Waals surface area contributed by atoms with Crippen LogP contribution >= 0.6 is 11.6 Å². The number of benzene rings is 4. The van der Waals surface area contributed by atoms with Gasteiger partial charge in [-0.2, -0.15) is 4.31 Å². The third-order valence-corrected chi connectivity index (χ3v) is 8.24. The molecule has 36 heavy (non-hydrogen) atoms. The standard InChI is InChI=1S/C29H25ClN2O3S/c30-26-9-5-23(6-10-26)21-35-28-13-7-22(8-14-28)19-31-27-11-15-29(16-12-27)36(33,34)32-18-17-24-3-1-2-4-25(24)20-32/h1-16,19H,17-18,20-21H2. The van der Waals surface area contributed by atoms with Gasteiger partial charge < -0.3 is 4.74 Å². The fourth-order valence-electron chi connectivity index (χ4n) is 4.07. The summed E-state index contributed by atoms with van der Waals surface area (Å²) in [4.78, 5) is 4.77. The van der Waals surface area contributed by atoms with Crippen molar-refractivity contribution >= 4 is 33.5 Å². The van der Waals surface area contributed by atoms with E-state index in [1.807, 2.05) is 66.7 Å². The molecule has 182 valence electrons. The van der Waals surface area contributed by atoms with Crippen molar-refractivity contribution in [1.29, 1.82) is 0 Å². The zero-order valence-electron chi connectivity index (χ0n) is 19.5. The molecule has 4 aromatic carbocycles. The van der Waals surface area contributed by atoms with E-state index in [4.69, 9.17) is 16.3 Å². The molecule has 0 unspecified atom stereocenters. The Kier molecular flexibility index (Phi) is 7.18. The number of rotatable bonds is 7. The molecule has 7 heteroatoms. The molecular formula is C29H25ClN2O3S. The zero-order valence-corrected chi connectivity index (χ0v) is 21.1. The number of halogens is 1. The first-order valence-corrected chi connectivity index (χ1v) is 13.5. The van der Waals surface area contributed by atoms with Gasteiger partial charge in [-0.15, -0.1) is 0 Å². The van der Waals surface area contributed by atoms with Crippen molar-refractivity contribution in [2.75, 3.05) is 6.54 Å². The summed E-state index contributed by atoms with van der Waals surface area (Å²) in [5.41, 5.74) is 4.92. The second kappa shape index (κ2) is 10.7. The summed E-state index contributed by atoms with van der Waals surface area (Å²) in [6.45, 7) is 1.35. The summed E-state index contributed by atoms with van der Waals surface area (Å²) in [7, 11) is -3.56. The summed E-state index contributed by atoms with van der Waals surface area (Å²) in [6.07, 6.45) is 2.47. The van der Waals surface area contributed by atoms with E-state index in [0.717, 1.165) is 28.9 Å². The number of nitrogens with zero attached hydrogens (tertiary/aromatic N) is 2. The van der Waals surface area contributed by atoms with Gasteiger partial charge in [0.15, 0.2) is 0 Å². The number of aliphatic imine (C=N–C) groups is 1. The second-order valence-corrected chi connectivity index (χ2v) is 11.0. The van der Waals surface area contributed by atoms with Crippen LogP contribution in [0.5, 0.6) is 5.75 Å². The molecule has 0 atom stereocenters. The van der Waals surface area contributed by atoms with Crippen LogP contribution in [0.3, 0.4) is 0 Å². The van der Waals surface area contributed by atoms with Gasteiger partial charge in [0.1, 0.15) is 12.4 Å². The second-order valence-electron chi connectivity index (χ2n) is 8.59. The number of hydrogen-bond donors (Lipinski definition) is 0. The molecule has 1 heterocycles. The number of ether oxygens (including phenoxy) is 1. The maximum Gasteiger partial charge on any atom is 0.243 e. The van der Waals surface area contributed by atoms with Gasteiger partial charge in [-0.25, -0.2) is 8.42 Å². The van der Waals surface area contributed by atoms with E-state index in [1.165, 1.54) is 5.56 Å². The third kappa shape index (κ3) is 5.68. The van der Waals surface area contributed by atoms with E-state index in [1.54, 1.807) is 34.8 Å². The van der Waals surface area contributed by atoms with Crippen LogP contribution in [0.15, 0.2) is 107 Å². The number of hydrogen-bond acceptors (Lipinski definition) is 4. The molecule has 0 N–H and O–H groups in total. The molecule has 0 aromatic heterocycles. The van der Waals surface area contributed by atoms with Gasteiger partial charge in [-0.3, -0.25) is 4.99 Å².